The number of anilines is 1. The van der Waals surface area contributed by atoms with E-state index in [0.717, 1.165) is 4.88 Å². The number of nitrogens with one attached hydrogen (secondary N) is 1. The normalized spacial score (nSPS) is 9.59. The molecular weight excluding hydrogens is 232 g/mol. The monoisotopic (exact) mass is 242 g/mol. The summed E-state index contributed by atoms with van der Waals surface area (Å²) < 4.78 is 0. The van der Waals surface area contributed by atoms with E-state index < -0.39 is 0 Å². The molecule has 1 aromatic carbocycles. The van der Waals surface area contributed by atoms with Gasteiger partial charge in [-0.15, -0.1) is 11.3 Å². The van der Waals surface area contributed by atoms with E-state index in [4.69, 9.17) is 5.26 Å². The Hall–Kier alpha value is -2.12. The lowest BCUT2D eigenvalue weighted by Gasteiger charge is -2.06. The van der Waals surface area contributed by atoms with Crippen LogP contribution in [0.3, 0.4) is 0 Å². The van der Waals surface area contributed by atoms with Gasteiger partial charge in [-0.3, -0.25) is 4.79 Å². The first-order valence-corrected chi connectivity index (χ1v) is 5.99. The SMILES string of the molecule is N#Cc1ccccc1NCC(=O)c1cccs1. The Balaban J connectivity index is 2.04. The second-order valence-electron chi connectivity index (χ2n) is 3.41. The highest BCUT2D eigenvalue weighted by molar-refractivity contribution is 7.12. The molecule has 17 heavy (non-hydrogen) atoms. The van der Waals surface area contributed by atoms with Gasteiger partial charge >= 0.3 is 0 Å². The van der Waals surface area contributed by atoms with Gasteiger partial charge in [0, 0.05) is 0 Å². The predicted molar refractivity (Wildman–Crippen MR) is 68.3 cm³/mol. The predicted octanol–water partition coefficient (Wildman–Crippen LogP) is 2.91. The second kappa shape index (κ2) is 5.28. The van der Waals surface area contributed by atoms with Gasteiger partial charge < -0.3 is 5.32 Å². The summed E-state index contributed by atoms with van der Waals surface area (Å²) in [5.74, 6) is 0.0349. The van der Waals surface area contributed by atoms with Crippen molar-refractivity contribution in [3.05, 3.63) is 52.2 Å². The van der Waals surface area contributed by atoms with Crippen LogP contribution in [0.4, 0.5) is 5.69 Å². The van der Waals surface area contributed by atoms with Gasteiger partial charge in [0.15, 0.2) is 5.78 Å². The lowest BCUT2D eigenvalue weighted by Crippen LogP contribution is -2.13. The Kier molecular flexibility index (Phi) is 3.53. The number of nitriles is 1. The molecule has 2 aromatic rings. The van der Waals surface area contributed by atoms with Crippen LogP contribution in [0, 0.1) is 11.3 Å². The topological polar surface area (TPSA) is 52.9 Å². The van der Waals surface area contributed by atoms with E-state index in [0.29, 0.717) is 11.3 Å². The summed E-state index contributed by atoms with van der Waals surface area (Å²) in [4.78, 5) is 12.5. The van der Waals surface area contributed by atoms with E-state index in [-0.39, 0.29) is 12.3 Å². The van der Waals surface area contributed by atoms with Crippen LogP contribution in [0.1, 0.15) is 15.2 Å². The number of carbonyl (C=O) groups is 1. The molecule has 0 aliphatic rings. The smallest absolute Gasteiger partial charge is 0.191 e. The first-order chi connectivity index (χ1) is 8.31. The van der Waals surface area contributed by atoms with Crippen molar-refractivity contribution in [1.82, 2.24) is 0 Å². The van der Waals surface area contributed by atoms with E-state index in [1.54, 1.807) is 24.3 Å². The number of nitrogens with zero attached hydrogens (tertiary/aromatic N) is 1. The molecular formula is C13H10N2OS. The van der Waals surface area contributed by atoms with Gasteiger partial charge in [0.25, 0.3) is 0 Å². The third kappa shape index (κ3) is 2.71. The Bertz CT molecular complexity index is 555. The summed E-state index contributed by atoms with van der Waals surface area (Å²) in [6.07, 6.45) is 0. The number of Topliss-reactive ketones (excluding diaryl/α,β-unsaturated/α-hetero) is 1. The van der Waals surface area contributed by atoms with E-state index in [1.807, 2.05) is 17.5 Å². The average molecular weight is 242 g/mol. The fourth-order valence-corrected chi connectivity index (χ4v) is 2.10. The summed E-state index contributed by atoms with van der Waals surface area (Å²) in [6, 6.07) is 12.9. The van der Waals surface area contributed by atoms with Crippen molar-refractivity contribution in [1.29, 1.82) is 5.26 Å². The molecule has 0 aliphatic carbocycles. The van der Waals surface area contributed by atoms with Crippen LogP contribution in [-0.4, -0.2) is 12.3 Å². The number of carbonyl (C=O) groups excluding carboxylic acids is 1. The zero-order valence-corrected chi connectivity index (χ0v) is 9.83. The summed E-state index contributed by atoms with van der Waals surface area (Å²) in [6.45, 7) is 0.208. The van der Waals surface area contributed by atoms with Crippen molar-refractivity contribution in [2.45, 2.75) is 0 Å². The molecule has 0 saturated carbocycles. The lowest BCUT2D eigenvalue weighted by molar-refractivity contribution is 0.101. The fraction of sp³-hybridized carbons (Fsp3) is 0.0769. The molecule has 0 aliphatic heterocycles. The van der Waals surface area contributed by atoms with Gasteiger partial charge in [0.2, 0.25) is 0 Å². The molecule has 1 N–H and O–H groups in total. The van der Waals surface area contributed by atoms with E-state index in [9.17, 15) is 4.79 Å². The highest BCUT2D eigenvalue weighted by Gasteiger charge is 2.07. The summed E-state index contributed by atoms with van der Waals surface area (Å²) in [5.41, 5.74) is 1.24. The molecule has 84 valence electrons. The average Bonchev–Trinajstić information content (AvgIpc) is 2.90. The second-order valence-corrected chi connectivity index (χ2v) is 4.36. The standard InChI is InChI=1S/C13H10N2OS/c14-8-10-4-1-2-5-11(10)15-9-12(16)13-6-3-7-17-13/h1-7,15H,9H2. The van der Waals surface area contributed by atoms with Gasteiger partial charge in [0.05, 0.1) is 22.7 Å². The molecule has 0 amide bonds. The summed E-state index contributed by atoms with van der Waals surface area (Å²) in [7, 11) is 0. The zero-order chi connectivity index (χ0) is 12.1. The summed E-state index contributed by atoms with van der Waals surface area (Å²) >= 11 is 1.42. The third-order valence-corrected chi connectivity index (χ3v) is 3.19. The molecule has 4 heteroatoms. The van der Waals surface area contributed by atoms with Crippen molar-refractivity contribution in [2.24, 2.45) is 0 Å². The lowest BCUT2D eigenvalue weighted by atomic mass is 10.2. The molecule has 0 fully saturated rings. The van der Waals surface area contributed by atoms with Crippen molar-refractivity contribution in [3.8, 4) is 6.07 Å². The molecule has 3 nitrogen and oxygen atoms in total. The fourth-order valence-electron chi connectivity index (χ4n) is 1.43. The minimum atomic E-state index is 0.0349. The van der Waals surface area contributed by atoms with Crippen LogP contribution in [0.15, 0.2) is 41.8 Å². The van der Waals surface area contributed by atoms with E-state index in [1.165, 1.54) is 11.3 Å². The molecule has 0 unspecified atom stereocenters. The number of rotatable bonds is 4. The quantitative estimate of drug-likeness (QED) is 0.839. The third-order valence-electron chi connectivity index (χ3n) is 2.28. The largest absolute Gasteiger partial charge is 0.376 e. The van der Waals surface area contributed by atoms with Gasteiger partial charge in [0.1, 0.15) is 6.07 Å². The van der Waals surface area contributed by atoms with Gasteiger partial charge in [-0.05, 0) is 23.6 Å². The van der Waals surface area contributed by atoms with Crippen LogP contribution >= 0.6 is 11.3 Å². The first-order valence-electron chi connectivity index (χ1n) is 5.11. The van der Waals surface area contributed by atoms with Crippen molar-refractivity contribution in [2.75, 3.05) is 11.9 Å². The molecule has 0 atom stereocenters. The molecule has 0 spiro atoms. The minimum Gasteiger partial charge on any atom is -0.376 e. The van der Waals surface area contributed by atoms with Crippen LogP contribution < -0.4 is 5.32 Å². The van der Waals surface area contributed by atoms with Gasteiger partial charge in [-0.1, -0.05) is 18.2 Å². The maximum absolute atomic E-state index is 11.7. The van der Waals surface area contributed by atoms with Gasteiger partial charge in [-0.2, -0.15) is 5.26 Å². The van der Waals surface area contributed by atoms with Crippen molar-refractivity contribution >= 4 is 22.8 Å². The van der Waals surface area contributed by atoms with E-state index >= 15 is 0 Å². The first kappa shape index (κ1) is 11.4. The number of hydrogen-bond acceptors (Lipinski definition) is 4. The van der Waals surface area contributed by atoms with E-state index in [2.05, 4.69) is 11.4 Å². The van der Waals surface area contributed by atoms with Crippen LogP contribution in [0.25, 0.3) is 0 Å². The maximum Gasteiger partial charge on any atom is 0.191 e. The number of hydrogen-bond donors (Lipinski definition) is 1. The highest BCUT2D eigenvalue weighted by Crippen LogP contribution is 2.14. The van der Waals surface area contributed by atoms with Crippen LogP contribution in [0.2, 0.25) is 0 Å². The summed E-state index contributed by atoms with van der Waals surface area (Å²) in [5, 5.41) is 13.8. The number of ketones is 1. The highest BCUT2D eigenvalue weighted by atomic mass is 32.1. The minimum absolute atomic E-state index is 0.0349. The van der Waals surface area contributed by atoms with Crippen molar-refractivity contribution in [3.63, 3.8) is 0 Å². The van der Waals surface area contributed by atoms with Gasteiger partial charge in [-0.25, -0.2) is 0 Å². The molecule has 2 rings (SSSR count). The van der Waals surface area contributed by atoms with Crippen molar-refractivity contribution < 1.29 is 4.79 Å². The van der Waals surface area contributed by atoms with Crippen LogP contribution in [-0.2, 0) is 0 Å². The maximum atomic E-state index is 11.7. The van der Waals surface area contributed by atoms with Crippen LogP contribution in [0.5, 0.6) is 0 Å². The Morgan fingerprint density at radius 3 is 2.82 bits per heavy atom. The number of para-hydroxylation sites is 1. The molecule has 0 saturated heterocycles. The molecule has 1 aromatic heterocycles. The Morgan fingerprint density at radius 2 is 2.12 bits per heavy atom. The zero-order valence-electron chi connectivity index (χ0n) is 9.01. The Labute approximate surface area is 103 Å². The number of benzene rings is 1. The molecule has 1 heterocycles. The molecule has 0 radical (unpaired) electrons. The number of thiophene rings is 1. The Morgan fingerprint density at radius 1 is 1.29 bits per heavy atom. The molecule has 0 bridgehead atoms.